The molecule has 0 unspecified atom stereocenters. The maximum absolute atomic E-state index is 12.7. The minimum absolute atomic E-state index is 0.178. The lowest BCUT2D eigenvalue weighted by molar-refractivity contribution is 0.0949. The Hall–Kier alpha value is -3.54. The first-order chi connectivity index (χ1) is 14.2. The SMILES string of the molecule is CCCCCn1nc(C(=O)N/N=C\C=C\c2ccccc2)c2ccccc2c1=O. The number of benzene rings is 2. The van der Waals surface area contributed by atoms with Crippen LogP contribution in [0.1, 0.15) is 42.2 Å². The van der Waals surface area contributed by atoms with Crippen LogP contribution < -0.4 is 11.0 Å². The van der Waals surface area contributed by atoms with Crippen molar-refractivity contribution in [3.63, 3.8) is 0 Å². The maximum Gasteiger partial charge on any atom is 0.292 e. The summed E-state index contributed by atoms with van der Waals surface area (Å²) in [5.74, 6) is -0.449. The van der Waals surface area contributed by atoms with Gasteiger partial charge in [0, 0.05) is 18.1 Å². The molecule has 1 heterocycles. The van der Waals surface area contributed by atoms with Crippen molar-refractivity contribution < 1.29 is 4.79 Å². The number of fused-ring (bicyclic) bond motifs is 1. The highest BCUT2D eigenvalue weighted by molar-refractivity contribution is 6.04. The number of hydrazone groups is 1. The molecule has 0 aliphatic rings. The smallest absolute Gasteiger partial charge is 0.267 e. The van der Waals surface area contributed by atoms with E-state index in [0.29, 0.717) is 17.3 Å². The molecular weight excluding hydrogens is 364 g/mol. The summed E-state index contributed by atoms with van der Waals surface area (Å²) in [6, 6.07) is 16.8. The van der Waals surface area contributed by atoms with Gasteiger partial charge in [-0.2, -0.15) is 10.2 Å². The number of amides is 1. The van der Waals surface area contributed by atoms with Gasteiger partial charge < -0.3 is 0 Å². The first-order valence-electron chi connectivity index (χ1n) is 9.75. The lowest BCUT2D eigenvalue weighted by Gasteiger charge is -2.09. The summed E-state index contributed by atoms with van der Waals surface area (Å²) in [6.45, 7) is 2.58. The highest BCUT2D eigenvalue weighted by atomic mass is 16.2. The summed E-state index contributed by atoms with van der Waals surface area (Å²) in [7, 11) is 0. The quantitative estimate of drug-likeness (QED) is 0.360. The molecule has 29 heavy (non-hydrogen) atoms. The molecule has 0 bridgehead atoms. The third-order valence-electron chi connectivity index (χ3n) is 4.47. The largest absolute Gasteiger partial charge is 0.292 e. The molecule has 6 nitrogen and oxygen atoms in total. The van der Waals surface area contributed by atoms with Crippen LogP contribution in [0, 0.1) is 0 Å². The number of allylic oxidation sites excluding steroid dienone is 1. The molecule has 0 radical (unpaired) electrons. The van der Waals surface area contributed by atoms with Crippen molar-refractivity contribution in [3.8, 4) is 0 Å². The van der Waals surface area contributed by atoms with Crippen LogP contribution in [0.3, 0.4) is 0 Å². The Morgan fingerprint density at radius 3 is 2.55 bits per heavy atom. The Labute approximate surface area is 169 Å². The molecule has 1 aromatic heterocycles. The zero-order valence-corrected chi connectivity index (χ0v) is 16.4. The number of rotatable bonds is 8. The van der Waals surface area contributed by atoms with E-state index < -0.39 is 5.91 Å². The fraction of sp³-hybridized carbons (Fsp3) is 0.217. The molecule has 0 saturated heterocycles. The monoisotopic (exact) mass is 388 g/mol. The first kappa shape index (κ1) is 20.2. The van der Waals surface area contributed by atoms with Crippen molar-refractivity contribution >= 4 is 29.0 Å². The average molecular weight is 388 g/mol. The summed E-state index contributed by atoms with van der Waals surface area (Å²) in [6.07, 6.45) is 8.01. The predicted molar refractivity (Wildman–Crippen MR) is 117 cm³/mol. The van der Waals surface area contributed by atoms with Crippen LogP contribution in [0.5, 0.6) is 0 Å². The second-order valence-electron chi connectivity index (χ2n) is 6.62. The van der Waals surface area contributed by atoms with Crippen molar-refractivity contribution in [2.24, 2.45) is 5.10 Å². The summed E-state index contributed by atoms with van der Waals surface area (Å²) >= 11 is 0. The van der Waals surface area contributed by atoms with Gasteiger partial charge >= 0.3 is 0 Å². The molecule has 3 aromatic rings. The van der Waals surface area contributed by atoms with Gasteiger partial charge in [0.25, 0.3) is 11.5 Å². The lowest BCUT2D eigenvalue weighted by atomic mass is 10.1. The Morgan fingerprint density at radius 1 is 1.07 bits per heavy atom. The zero-order chi connectivity index (χ0) is 20.5. The van der Waals surface area contributed by atoms with Crippen molar-refractivity contribution in [1.82, 2.24) is 15.2 Å². The number of aryl methyl sites for hydroxylation is 1. The van der Waals surface area contributed by atoms with E-state index in [-0.39, 0.29) is 11.3 Å². The number of unbranched alkanes of at least 4 members (excludes halogenated alkanes) is 2. The minimum Gasteiger partial charge on any atom is -0.267 e. The topological polar surface area (TPSA) is 76.3 Å². The Kier molecular flexibility index (Phi) is 7.05. The number of carbonyl (C=O) groups is 1. The molecule has 1 N–H and O–H groups in total. The molecule has 0 fully saturated rings. The molecule has 1 amide bonds. The van der Waals surface area contributed by atoms with Crippen molar-refractivity contribution in [2.75, 3.05) is 0 Å². The van der Waals surface area contributed by atoms with Crippen molar-refractivity contribution in [2.45, 2.75) is 32.7 Å². The van der Waals surface area contributed by atoms with E-state index in [1.54, 1.807) is 30.3 Å². The van der Waals surface area contributed by atoms with E-state index in [2.05, 4.69) is 22.5 Å². The molecule has 0 spiro atoms. The van der Waals surface area contributed by atoms with Gasteiger partial charge in [-0.3, -0.25) is 9.59 Å². The van der Waals surface area contributed by atoms with E-state index in [1.165, 1.54) is 10.9 Å². The van der Waals surface area contributed by atoms with Crippen LogP contribution in [-0.2, 0) is 6.54 Å². The molecule has 0 atom stereocenters. The molecule has 3 rings (SSSR count). The van der Waals surface area contributed by atoms with E-state index >= 15 is 0 Å². The van der Waals surface area contributed by atoms with Gasteiger partial charge in [0.2, 0.25) is 0 Å². The molecule has 0 aliphatic carbocycles. The standard InChI is InChI=1S/C23H24N4O2/c1-2-3-9-17-27-23(29)20-15-8-7-14-19(20)21(26-27)22(28)25-24-16-10-13-18-11-5-4-6-12-18/h4-8,10-16H,2-3,9,17H2,1H3,(H,25,28)/b13-10+,24-16-. The number of aromatic nitrogens is 2. The van der Waals surface area contributed by atoms with Crippen LogP contribution in [0.4, 0.5) is 0 Å². The number of carbonyl (C=O) groups excluding carboxylic acids is 1. The number of hydrogen-bond acceptors (Lipinski definition) is 4. The molecule has 0 aliphatic heterocycles. The van der Waals surface area contributed by atoms with Crippen molar-refractivity contribution in [3.05, 3.63) is 82.3 Å². The third-order valence-corrected chi connectivity index (χ3v) is 4.47. The average Bonchev–Trinajstić information content (AvgIpc) is 2.76. The van der Waals surface area contributed by atoms with Gasteiger partial charge in [0.15, 0.2) is 5.69 Å². The number of nitrogens with one attached hydrogen (secondary N) is 1. The number of hydrogen-bond donors (Lipinski definition) is 1. The van der Waals surface area contributed by atoms with E-state index in [9.17, 15) is 9.59 Å². The fourth-order valence-corrected chi connectivity index (χ4v) is 2.98. The Balaban J connectivity index is 1.79. The van der Waals surface area contributed by atoms with Gasteiger partial charge in [-0.15, -0.1) is 0 Å². The molecule has 0 saturated carbocycles. The highest BCUT2D eigenvalue weighted by Gasteiger charge is 2.16. The fourth-order valence-electron chi connectivity index (χ4n) is 2.98. The second-order valence-corrected chi connectivity index (χ2v) is 6.62. The summed E-state index contributed by atoms with van der Waals surface area (Å²) in [5, 5.41) is 9.29. The van der Waals surface area contributed by atoms with Crippen LogP contribution in [0.25, 0.3) is 16.8 Å². The Bertz CT molecular complexity index is 1080. The van der Waals surface area contributed by atoms with Gasteiger partial charge in [-0.05, 0) is 24.1 Å². The van der Waals surface area contributed by atoms with Crippen molar-refractivity contribution in [1.29, 1.82) is 0 Å². The molecule has 6 heteroatoms. The summed E-state index contributed by atoms with van der Waals surface area (Å²) < 4.78 is 1.38. The second kappa shape index (κ2) is 10.1. The molecule has 2 aromatic carbocycles. The normalized spacial score (nSPS) is 11.5. The van der Waals surface area contributed by atoms with Gasteiger partial charge in [0.05, 0.1) is 5.39 Å². The van der Waals surface area contributed by atoms with Crippen LogP contribution in [0.15, 0.2) is 70.6 Å². The summed E-state index contributed by atoms with van der Waals surface area (Å²) in [4.78, 5) is 25.3. The highest BCUT2D eigenvalue weighted by Crippen LogP contribution is 2.13. The lowest BCUT2D eigenvalue weighted by Crippen LogP contribution is -2.29. The molecule has 148 valence electrons. The zero-order valence-electron chi connectivity index (χ0n) is 16.4. The van der Waals surface area contributed by atoms with Gasteiger partial charge in [-0.1, -0.05) is 74.4 Å². The maximum atomic E-state index is 12.7. The van der Waals surface area contributed by atoms with Gasteiger partial charge in [-0.25, -0.2) is 10.1 Å². The first-order valence-corrected chi connectivity index (χ1v) is 9.75. The molecular formula is C23H24N4O2. The van der Waals surface area contributed by atoms with Crippen LogP contribution in [-0.4, -0.2) is 21.9 Å². The van der Waals surface area contributed by atoms with Crippen LogP contribution in [0.2, 0.25) is 0 Å². The number of nitrogens with zero attached hydrogens (tertiary/aromatic N) is 3. The minimum atomic E-state index is -0.449. The van der Waals surface area contributed by atoms with Gasteiger partial charge in [0.1, 0.15) is 0 Å². The third kappa shape index (κ3) is 5.25. The van der Waals surface area contributed by atoms with E-state index in [0.717, 1.165) is 24.8 Å². The summed E-state index contributed by atoms with van der Waals surface area (Å²) in [5.41, 5.74) is 3.55. The predicted octanol–water partition coefficient (Wildman–Crippen LogP) is 4.02. The van der Waals surface area contributed by atoms with Crippen LogP contribution >= 0.6 is 0 Å². The Morgan fingerprint density at radius 2 is 1.79 bits per heavy atom. The van der Waals surface area contributed by atoms with E-state index in [1.807, 2.05) is 36.4 Å². The van der Waals surface area contributed by atoms with E-state index in [4.69, 9.17) is 0 Å².